The van der Waals surface area contributed by atoms with E-state index in [0.717, 1.165) is 0 Å². The number of hydrogen-bond acceptors (Lipinski definition) is 5. The highest BCUT2D eigenvalue weighted by Crippen LogP contribution is 2.17. The molecule has 3 N–H and O–H groups in total. The van der Waals surface area contributed by atoms with E-state index < -0.39 is 5.60 Å². The molecule has 0 atom stereocenters. The molecule has 1 rings (SSSR count). The number of terminal acetylenes is 1. The first kappa shape index (κ1) is 11.3. The molecular weight excluding hydrogens is 192 g/mol. The largest absolute Gasteiger partial charge is 0.458 e. The lowest BCUT2D eigenvalue weighted by Gasteiger charge is -2.19. The number of nitrogens with one attached hydrogen (secondary N) is 1. The normalized spacial score (nSPS) is 10.6. The summed E-state index contributed by atoms with van der Waals surface area (Å²) in [5.41, 5.74) is 1.73. The van der Waals surface area contributed by atoms with Crippen molar-refractivity contribution in [2.45, 2.75) is 26.4 Å². The van der Waals surface area contributed by atoms with Crippen molar-refractivity contribution in [2.75, 3.05) is 5.43 Å². The molecule has 0 saturated heterocycles. The smallest absolute Gasteiger partial charge is 0.220 e. The van der Waals surface area contributed by atoms with Gasteiger partial charge in [-0.25, -0.2) is 10.8 Å². The molecule has 0 radical (unpaired) electrons. The zero-order valence-corrected chi connectivity index (χ0v) is 9.03. The quantitative estimate of drug-likeness (QED) is 0.436. The van der Waals surface area contributed by atoms with Crippen molar-refractivity contribution < 1.29 is 4.74 Å². The van der Waals surface area contributed by atoms with Gasteiger partial charge in [-0.05, 0) is 20.8 Å². The Morgan fingerprint density at radius 2 is 2.20 bits per heavy atom. The Bertz CT molecular complexity index is 395. The summed E-state index contributed by atoms with van der Waals surface area (Å²) in [6.45, 7) is 5.30. The summed E-state index contributed by atoms with van der Waals surface area (Å²) >= 11 is 0. The van der Waals surface area contributed by atoms with Crippen LogP contribution in [0, 0.1) is 19.3 Å². The molecule has 0 spiro atoms. The highest BCUT2D eigenvalue weighted by Gasteiger charge is 2.17. The molecule has 0 aliphatic heterocycles. The van der Waals surface area contributed by atoms with Gasteiger partial charge < -0.3 is 10.2 Å². The van der Waals surface area contributed by atoms with Crippen molar-refractivity contribution in [3.63, 3.8) is 0 Å². The van der Waals surface area contributed by atoms with Gasteiger partial charge in [-0.3, -0.25) is 0 Å². The predicted molar refractivity (Wildman–Crippen MR) is 58.1 cm³/mol. The summed E-state index contributed by atoms with van der Waals surface area (Å²) in [6, 6.07) is 1.59. The van der Waals surface area contributed by atoms with Crippen LogP contribution in [-0.4, -0.2) is 15.6 Å². The fourth-order valence-electron chi connectivity index (χ4n) is 0.957. The molecule has 0 saturated carbocycles. The van der Waals surface area contributed by atoms with Crippen LogP contribution in [0.1, 0.15) is 19.7 Å². The van der Waals surface area contributed by atoms with Gasteiger partial charge in [-0.2, -0.15) is 4.98 Å². The summed E-state index contributed by atoms with van der Waals surface area (Å²) in [5, 5.41) is 0. The maximum atomic E-state index is 5.49. The molecule has 1 aromatic rings. The SMILES string of the molecule is C#CC(C)(C)Oc1cc(NN)nc(C)n1. The number of anilines is 1. The first-order chi connectivity index (χ1) is 6.96. The Labute approximate surface area is 89.0 Å². The average Bonchev–Trinajstić information content (AvgIpc) is 2.16. The first-order valence-electron chi connectivity index (χ1n) is 4.46. The molecule has 1 heterocycles. The number of hydrazine groups is 1. The molecule has 5 nitrogen and oxygen atoms in total. The van der Waals surface area contributed by atoms with Crippen LogP contribution in [0.2, 0.25) is 0 Å². The van der Waals surface area contributed by atoms with E-state index >= 15 is 0 Å². The molecule has 0 unspecified atom stereocenters. The Morgan fingerprint density at radius 3 is 2.73 bits per heavy atom. The standard InChI is InChI=1S/C10H14N4O/c1-5-10(3,4)15-9-6-8(14-11)12-7(2)13-9/h1,6H,11H2,2-4H3,(H,12,13,14). The first-order valence-corrected chi connectivity index (χ1v) is 4.46. The molecule has 5 heteroatoms. The number of ether oxygens (including phenoxy) is 1. The number of hydrogen-bond donors (Lipinski definition) is 2. The van der Waals surface area contributed by atoms with Gasteiger partial charge in [-0.1, -0.05) is 5.92 Å². The second-order valence-corrected chi connectivity index (χ2v) is 3.54. The average molecular weight is 206 g/mol. The van der Waals surface area contributed by atoms with Crippen LogP contribution in [0.15, 0.2) is 6.07 Å². The van der Waals surface area contributed by atoms with Crippen molar-refractivity contribution >= 4 is 5.82 Å². The van der Waals surface area contributed by atoms with Gasteiger partial charge >= 0.3 is 0 Å². The minimum absolute atomic E-state index is 0.401. The summed E-state index contributed by atoms with van der Waals surface area (Å²) in [4.78, 5) is 8.12. The van der Waals surface area contributed by atoms with Gasteiger partial charge in [0.05, 0.1) is 0 Å². The van der Waals surface area contributed by atoms with Crippen molar-refractivity contribution in [3.05, 3.63) is 11.9 Å². The highest BCUT2D eigenvalue weighted by molar-refractivity contribution is 5.37. The van der Waals surface area contributed by atoms with E-state index in [0.29, 0.717) is 17.5 Å². The zero-order chi connectivity index (χ0) is 11.5. The van der Waals surface area contributed by atoms with Crippen molar-refractivity contribution in [2.24, 2.45) is 5.84 Å². The van der Waals surface area contributed by atoms with Gasteiger partial charge in [0.25, 0.3) is 0 Å². The fraction of sp³-hybridized carbons (Fsp3) is 0.400. The second kappa shape index (κ2) is 4.15. The fourth-order valence-corrected chi connectivity index (χ4v) is 0.957. The summed E-state index contributed by atoms with van der Waals surface area (Å²) < 4.78 is 5.49. The number of nitrogens with zero attached hydrogens (tertiary/aromatic N) is 2. The third-order valence-corrected chi connectivity index (χ3v) is 1.67. The van der Waals surface area contributed by atoms with Gasteiger partial charge in [-0.15, -0.1) is 6.42 Å². The molecule has 0 aliphatic rings. The minimum atomic E-state index is -0.702. The van der Waals surface area contributed by atoms with Gasteiger partial charge in [0, 0.05) is 6.07 Å². The van der Waals surface area contributed by atoms with Gasteiger partial charge in [0.2, 0.25) is 5.88 Å². The molecule has 15 heavy (non-hydrogen) atoms. The second-order valence-electron chi connectivity index (χ2n) is 3.54. The highest BCUT2D eigenvalue weighted by atomic mass is 16.5. The number of aromatic nitrogens is 2. The molecule has 0 bridgehead atoms. The van der Waals surface area contributed by atoms with Crippen LogP contribution in [0.4, 0.5) is 5.82 Å². The third kappa shape index (κ3) is 3.11. The molecule has 0 fully saturated rings. The van der Waals surface area contributed by atoms with Gasteiger partial charge in [0.1, 0.15) is 11.6 Å². The van der Waals surface area contributed by atoms with Crippen LogP contribution < -0.4 is 16.0 Å². The molecule has 0 amide bonds. The van der Waals surface area contributed by atoms with Crippen LogP contribution in [0.25, 0.3) is 0 Å². The van der Waals surface area contributed by atoms with E-state index in [4.69, 9.17) is 17.0 Å². The monoisotopic (exact) mass is 206 g/mol. The van der Waals surface area contributed by atoms with E-state index in [-0.39, 0.29) is 0 Å². The lowest BCUT2D eigenvalue weighted by Crippen LogP contribution is -2.26. The molecular formula is C10H14N4O. The lowest BCUT2D eigenvalue weighted by atomic mass is 10.1. The predicted octanol–water partition coefficient (Wildman–Crippen LogP) is 0.861. The van der Waals surface area contributed by atoms with Crippen LogP contribution in [-0.2, 0) is 0 Å². The number of rotatable bonds is 3. The number of nitrogens with two attached hydrogens (primary N) is 1. The van der Waals surface area contributed by atoms with Crippen molar-refractivity contribution in [1.82, 2.24) is 9.97 Å². The summed E-state index contributed by atoms with van der Waals surface area (Å²) in [5.74, 6) is 9.22. The van der Waals surface area contributed by atoms with E-state index in [1.165, 1.54) is 0 Å². The Kier molecular flexibility index (Phi) is 3.12. The topological polar surface area (TPSA) is 73.1 Å². The Balaban J connectivity index is 2.96. The maximum absolute atomic E-state index is 5.49. The Hall–Kier alpha value is -1.80. The molecule has 0 aromatic carbocycles. The maximum Gasteiger partial charge on any atom is 0.220 e. The zero-order valence-electron chi connectivity index (χ0n) is 9.03. The van der Waals surface area contributed by atoms with Crippen LogP contribution in [0.5, 0.6) is 5.88 Å². The molecule has 0 aliphatic carbocycles. The molecule has 80 valence electrons. The third-order valence-electron chi connectivity index (χ3n) is 1.67. The summed E-state index contributed by atoms with van der Waals surface area (Å²) in [6.07, 6.45) is 5.30. The van der Waals surface area contributed by atoms with Crippen LogP contribution >= 0.6 is 0 Å². The lowest BCUT2D eigenvalue weighted by molar-refractivity contribution is 0.164. The molecule has 1 aromatic heterocycles. The van der Waals surface area contributed by atoms with Crippen LogP contribution in [0.3, 0.4) is 0 Å². The van der Waals surface area contributed by atoms with E-state index in [2.05, 4.69) is 21.3 Å². The summed E-state index contributed by atoms with van der Waals surface area (Å²) in [7, 11) is 0. The van der Waals surface area contributed by atoms with E-state index in [1.54, 1.807) is 26.8 Å². The van der Waals surface area contributed by atoms with Crippen molar-refractivity contribution in [3.8, 4) is 18.2 Å². The number of nitrogen functional groups attached to an aromatic ring is 1. The number of aryl methyl sites for hydroxylation is 1. The Morgan fingerprint density at radius 1 is 1.53 bits per heavy atom. The van der Waals surface area contributed by atoms with Crippen molar-refractivity contribution in [1.29, 1.82) is 0 Å². The van der Waals surface area contributed by atoms with E-state index in [1.807, 2.05) is 0 Å². The van der Waals surface area contributed by atoms with Gasteiger partial charge in [0.15, 0.2) is 5.60 Å². The minimum Gasteiger partial charge on any atom is -0.458 e. The van der Waals surface area contributed by atoms with E-state index in [9.17, 15) is 0 Å².